The largest absolute Gasteiger partial charge is 0.369 e. The molecule has 0 unspecified atom stereocenters. The Balaban J connectivity index is 1.79. The van der Waals surface area contributed by atoms with E-state index in [1.807, 2.05) is 6.20 Å². The van der Waals surface area contributed by atoms with Crippen LogP contribution in [0.5, 0.6) is 0 Å². The molecular formula is C22H25N5OS. The molecule has 0 saturated carbocycles. The Morgan fingerprint density at radius 3 is 2.55 bits per heavy atom. The second-order valence-electron chi connectivity index (χ2n) is 7.58. The van der Waals surface area contributed by atoms with Crippen LogP contribution >= 0.6 is 11.3 Å². The predicted molar refractivity (Wildman–Crippen MR) is 119 cm³/mol. The molecule has 1 amide bonds. The fourth-order valence-electron chi connectivity index (χ4n) is 3.86. The molecule has 3 N–H and O–H groups in total. The monoisotopic (exact) mass is 407 g/mol. The van der Waals surface area contributed by atoms with E-state index < -0.39 is 0 Å². The third kappa shape index (κ3) is 4.31. The number of rotatable bonds is 4. The zero-order chi connectivity index (χ0) is 20.4. The summed E-state index contributed by atoms with van der Waals surface area (Å²) < 4.78 is 0. The molecule has 3 aromatic rings. The summed E-state index contributed by atoms with van der Waals surface area (Å²) in [6, 6.07) is 6.71. The topological polar surface area (TPSA) is 84.1 Å². The van der Waals surface area contributed by atoms with Crippen LogP contribution in [0.3, 0.4) is 0 Å². The van der Waals surface area contributed by atoms with E-state index in [4.69, 9.17) is 5.73 Å². The molecule has 0 radical (unpaired) electrons. The number of hydrogen-bond acceptors (Lipinski definition) is 6. The first kappa shape index (κ1) is 19.5. The van der Waals surface area contributed by atoms with E-state index in [0.717, 1.165) is 42.7 Å². The molecular weight excluding hydrogens is 382 g/mol. The van der Waals surface area contributed by atoms with E-state index in [-0.39, 0.29) is 11.9 Å². The van der Waals surface area contributed by atoms with Crippen molar-refractivity contribution in [2.45, 2.75) is 32.7 Å². The van der Waals surface area contributed by atoms with Gasteiger partial charge in [-0.25, -0.2) is 4.98 Å². The highest BCUT2D eigenvalue weighted by molar-refractivity contribution is 7.11. The SMILES string of the molecule is Cc1cc(C)cc(-c2cncc(NC(=O)c3nccs3)c2N2CCC(N)CC2)c1. The first-order valence-corrected chi connectivity index (χ1v) is 10.7. The van der Waals surface area contributed by atoms with Gasteiger partial charge in [0.25, 0.3) is 5.91 Å². The third-order valence-electron chi connectivity index (χ3n) is 5.18. The molecule has 4 rings (SSSR count). The normalized spacial score (nSPS) is 14.8. The van der Waals surface area contributed by atoms with Gasteiger partial charge in [0.2, 0.25) is 0 Å². The van der Waals surface area contributed by atoms with Crippen LogP contribution in [0.2, 0.25) is 0 Å². The number of anilines is 2. The lowest BCUT2D eigenvalue weighted by atomic mass is 9.98. The van der Waals surface area contributed by atoms with E-state index in [2.05, 4.69) is 52.2 Å². The second kappa shape index (κ2) is 8.31. The highest BCUT2D eigenvalue weighted by atomic mass is 32.1. The number of pyridine rings is 1. The fourth-order valence-corrected chi connectivity index (χ4v) is 4.39. The number of benzene rings is 1. The minimum absolute atomic E-state index is 0.214. The number of hydrogen-bond donors (Lipinski definition) is 2. The average Bonchev–Trinajstić information content (AvgIpc) is 3.23. The number of nitrogens with zero attached hydrogens (tertiary/aromatic N) is 3. The lowest BCUT2D eigenvalue weighted by Crippen LogP contribution is -2.40. The van der Waals surface area contributed by atoms with Crippen LogP contribution in [0.4, 0.5) is 11.4 Å². The van der Waals surface area contributed by atoms with Crippen LogP contribution in [0, 0.1) is 13.8 Å². The van der Waals surface area contributed by atoms with Gasteiger partial charge >= 0.3 is 0 Å². The van der Waals surface area contributed by atoms with Crippen molar-refractivity contribution in [1.29, 1.82) is 0 Å². The Kier molecular flexibility index (Phi) is 5.60. The number of carbonyl (C=O) groups is 1. The predicted octanol–water partition coefficient (Wildman–Crippen LogP) is 4.00. The number of piperidine rings is 1. The van der Waals surface area contributed by atoms with Gasteiger partial charge in [-0.15, -0.1) is 11.3 Å². The Morgan fingerprint density at radius 1 is 1.17 bits per heavy atom. The van der Waals surface area contributed by atoms with Crippen molar-refractivity contribution in [3.63, 3.8) is 0 Å². The minimum atomic E-state index is -0.214. The molecule has 29 heavy (non-hydrogen) atoms. The molecule has 1 aliphatic rings. The molecule has 1 aliphatic heterocycles. The molecule has 1 aromatic carbocycles. The molecule has 3 heterocycles. The summed E-state index contributed by atoms with van der Waals surface area (Å²) in [5.41, 5.74) is 12.4. The van der Waals surface area contributed by atoms with Crippen molar-refractivity contribution < 1.29 is 4.79 Å². The summed E-state index contributed by atoms with van der Waals surface area (Å²) in [6.45, 7) is 5.89. The molecule has 7 heteroatoms. The summed E-state index contributed by atoms with van der Waals surface area (Å²) in [5, 5.41) is 5.27. The zero-order valence-electron chi connectivity index (χ0n) is 16.7. The van der Waals surface area contributed by atoms with Gasteiger partial charge in [-0.2, -0.15) is 0 Å². The Hall–Kier alpha value is -2.77. The van der Waals surface area contributed by atoms with Crippen molar-refractivity contribution in [2.24, 2.45) is 5.73 Å². The van der Waals surface area contributed by atoms with Crippen molar-refractivity contribution >= 4 is 28.6 Å². The maximum absolute atomic E-state index is 12.7. The number of aromatic nitrogens is 2. The second-order valence-corrected chi connectivity index (χ2v) is 8.47. The van der Waals surface area contributed by atoms with Gasteiger partial charge < -0.3 is 16.0 Å². The number of amides is 1. The molecule has 2 aromatic heterocycles. The third-order valence-corrected chi connectivity index (χ3v) is 5.95. The van der Waals surface area contributed by atoms with Crippen LogP contribution in [0.15, 0.2) is 42.2 Å². The number of nitrogens with one attached hydrogen (secondary N) is 1. The van der Waals surface area contributed by atoms with E-state index in [0.29, 0.717) is 10.7 Å². The molecule has 6 nitrogen and oxygen atoms in total. The standard InChI is InChI=1S/C22H25N5OS/c1-14-9-15(2)11-16(10-14)18-12-24-13-19(26-21(28)22-25-5-8-29-22)20(18)27-6-3-17(23)4-7-27/h5,8-13,17H,3-4,6-7,23H2,1-2H3,(H,26,28). The lowest BCUT2D eigenvalue weighted by molar-refractivity contribution is 0.102. The number of carbonyl (C=O) groups excluding carboxylic acids is 1. The van der Waals surface area contributed by atoms with Gasteiger partial charge in [0.1, 0.15) is 0 Å². The van der Waals surface area contributed by atoms with Gasteiger partial charge in [0.15, 0.2) is 5.01 Å². The number of nitrogens with two attached hydrogens (primary N) is 1. The van der Waals surface area contributed by atoms with Crippen LogP contribution in [0.1, 0.15) is 33.8 Å². The molecule has 0 aliphatic carbocycles. The molecule has 0 spiro atoms. The summed E-state index contributed by atoms with van der Waals surface area (Å²) >= 11 is 1.32. The molecule has 150 valence electrons. The van der Waals surface area contributed by atoms with E-state index in [1.54, 1.807) is 17.8 Å². The zero-order valence-corrected chi connectivity index (χ0v) is 17.5. The quantitative estimate of drug-likeness (QED) is 0.683. The minimum Gasteiger partial charge on any atom is -0.369 e. The Bertz CT molecular complexity index is 990. The van der Waals surface area contributed by atoms with Crippen molar-refractivity contribution in [2.75, 3.05) is 23.3 Å². The molecule has 1 saturated heterocycles. The van der Waals surface area contributed by atoms with Gasteiger partial charge in [-0.05, 0) is 32.3 Å². The van der Waals surface area contributed by atoms with E-state index >= 15 is 0 Å². The summed E-state index contributed by atoms with van der Waals surface area (Å²) in [7, 11) is 0. The number of aryl methyl sites for hydroxylation is 2. The van der Waals surface area contributed by atoms with Gasteiger partial charge in [-0.3, -0.25) is 9.78 Å². The summed E-state index contributed by atoms with van der Waals surface area (Å²) in [6.07, 6.45) is 7.10. The van der Waals surface area contributed by atoms with Gasteiger partial charge in [-0.1, -0.05) is 29.3 Å². The highest BCUT2D eigenvalue weighted by Gasteiger charge is 2.24. The molecule has 1 fully saturated rings. The van der Waals surface area contributed by atoms with Crippen LogP contribution in [-0.2, 0) is 0 Å². The van der Waals surface area contributed by atoms with E-state index in [1.165, 1.54) is 22.5 Å². The maximum Gasteiger partial charge on any atom is 0.284 e. The van der Waals surface area contributed by atoms with Crippen molar-refractivity contribution in [3.05, 3.63) is 58.3 Å². The fraction of sp³-hybridized carbons (Fsp3) is 0.318. The first-order valence-electron chi connectivity index (χ1n) is 9.79. The first-order chi connectivity index (χ1) is 14.0. The Labute approximate surface area is 174 Å². The van der Waals surface area contributed by atoms with Crippen LogP contribution in [-0.4, -0.2) is 35.0 Å². The lowest BCUT2D eigenvalue weighted by Gasteiger charge is -2.34. The van der Waals surface area contributed by atoms with Crippen molar-refractivity contribution in [3.8, 4) is 11.1 Å². The van der Waals surface area contributed by atoms with Gasteiger partial charge in [0.05, 0.1) is 17.6 Å². The summed E-state index contributed by atoms with van der Waals surface area (Å²) in [4.78, 5) is 23.6. The van der Waals surface area contributed by atoms with Gasteiger partial charge in [0, 0.05) is 42.5 Å². The smallest absolute Gasteiger partial charge is 0.284 e. The maximum atomic E-state index is 12.7. The number of thiazole rings is 1. The van der Waals surface area contributed by atoms with Crippen LogP contribution in [0.25, 0.3) is 11.1 Å². The highest BCUT2D eigenvalue weighted by Crippen LogP contribution is 2.38. The van der Waals surface area contributed by atoms with Crippen molar-refractivity contribution in [1.82, 2.24) is 9.97 Å². The summed E-state index contributed by atoms with van der Waals surface area (Å²) in [5.74, 6) is -0.214. The average molecular weight is 408 g/mol. The molecule has 0 bridgehead atoms. The Morgan fingerprint density at radius 2 is 1.90 bits per heavy atom. The van der Waals surface area contributed by atoms with Crippen LogP contribution < -0.4 is 16.0 Å². The molecule has 0 atom stereocenters. The van der Waals surface area contributed by atoms with E-state index in [9.17, 15) is 4.79 Å².